The van der Waals surface area contributed by atoms with Gasteiger partial charge in [-0.2, -0.15) is 0 Å². The second-order valence-electron chi connectivity index (χ2n) is 4.55. The number of halogens is 1. The summed E-state index contributed by atoms with van der Waals surface area (Å²) in [6, 6.07) is 8.72. The van der Waals surface area contributed by atoms with Crippen molar-refractivity contribution in [3.8, 4) is 0 Å². The third-order valence-electron chi connectivity index (χ3n) is 3.00. The van der Waals surface area contributed by atoms with E-state index in [9.17, 15) is 4.79 Å². The summed E-state index contributed by atoms with van der Waals surface area (Å²) in [5, 5.41) is 2.98. The van der Waals surface area contributed by atoms with Gasteiger partial charge in [-0.15, -0.1) is 0 Å². The molecule has 0 radical (unpaired) electrons. The van der Waals surface area contributed by atoms with E-state index in [1.165, 1.54) is 5.56 Å². The van der Waals surface area contributed by atoms with Crippen LogP contribution in [0.25, 0.3) is 0 Å². The van der Waals surface area contributed by atoms with Gasteiger partial charge in [0, 0.05) is 37.1 Å². The van der Waals surface area contributed by atoms with Gasteiger partial charge in [0.2, 0.25) is 5.91 Å². The van der Waals surface area contributed by atoms with Crippen molar-refractivity contribution in [2.24, 2.45) is 0 Å². The van der Waals surface area contributed by atoms with Crippen LogP contribution >= 0.6 is 15.9 Å². The van der Waals surface area contributed by atoms with E-state index < -0.39 is 0 Å². The van der Waals surface area contributed by atoms with Crippen LogP contribution in [0.15, 0.2) is 28.7 Å². The Bertz CT molecular complexity index is 391. The van der Waals surface area contributed by atoms with Gasteiger partial charge in [-0.05, 0) is 24.1 Å². The molecule has 0 saturated carbocycles. The van der Waals surface area contributed by atoms with E-state index in [1.807, 2.05) is 0 Å². The van der Waals surface area contributed by atoms with Crippen LogP contribution in [0, 0.1) is 0 Å². The van der Waals surface area contributed by atoms with Crippen LogP contribution in [0.5, 0.6) is 0 Å². The number of rotatable bonds is 3. The molecule has 1 aliphatic rings. The Morgan fingerprint density at radius 3 is 2.82 bits per heavy atom. The van der Waals surface area contributed by atoms with Crippen molar-refractivity contribution in [3.05, 3.63) is 34.3 Å². The monoisotopic (exact) mass is 296 g/mol. The minimum atomic E-state index is 0.0699. The zero-order chi connectivity index (χ0) is 12.3. The van der Waals surface area contributed by atoms with E-state index in [4.69, 9.17) is 0 Å². The van der Waals surface area contributed by atoms with Gasteiger partial charge in [0.15, 0.2) is 0 Å². The number of likely N-dealkylation sites (tertiary alicyclic amines) is 1. The molecule has 0 spiro atoms. The van der Waals surface area contributed by atoms with Gasteiger partial charge in [0.1, 0.15) is 0 Å². The standard InChI is InChI=1S/C13H17BrN2O/c1-10(17)15-13-6-7-16(9-13)8-11-2-4-12(14)5-3-11/h2-5,13H,6-9H2,1H3,(H,15,17). The zero-order valence-electron chi connectivity index (χ0n) is 9.95. The van der Waals surface area contributed by atoms with Crippen LogP contribution < -0.4 is 5.32 Å². The molecular weight excluding hydrogens is 280 g/mol. The maximum Gasteiger partial charge on any atom is 0.217 e. The Labute approximate surface area is 110 Å². The first kappa shape index (κ1) is 12.6. The zero-order valence-corrected chi connectivity index (χ0v) is 11.5. The van der Waals surface area contributed by atoms with Gasteiger partial charge in [0.05, 0.1) is 0 Å². The van der Waals surface area contributed by atoms with E-state index in [1.54, 1.807) is 6.92 Å². The first-order chi connectivity index (χ1) is 8.13. The summed E-state index contributed by atoms with van der Waals surface area (Å²) in [7, 11) is 0. The summed E-state index contributed by atoms with van der Waals surface area (Å²) in [5.74, 6) is 0.0699. The molecule has 1 saturated heterocycles. The van der Waals surface area contributed by atoms with Gasteiger partial charge in [-0.25, -0.2) is 0 Å². The molecular formula is C13H17BrN2O. The molecule has 1 aromatic carbocycles. The Kier molecular flexibility index (Phi) is 4.18. The number of amides is 1. The molecule has 92 valence electrons. The van der Waals surface area contributed by atoms with E-state index in [0.29, 0.717) is 6.04 Å². The summed E-state index contributed by atoms with van der Waals surface area (Å²) >= 11 is 3.43. The molecule has 3 nitrogen and oxygen atoms in total. The fraction of sp³-hybridized carbons (Fsp3) is 0.462. The second kappa shape index (κ2) is 5.65. The van der Waals surface area contributed by atoms with Crippen molar-refractivity contribution in [2.75, 3.05) is 13.1 Å². The van der Waals surface area contributed by atoms with E-state index in [-0.39, 0.29) is 5.91 Å². The highest BCUT2D eigenvalue weighted by Crippen LogP contribution is 2.16. The molecule has 1 amide bonds. The lowest BCUT2D eigenvalue weighted by atomic mass is 10.2. The minimum Gasteiger partial charge on any atom is -0.352 e. The average molecular weight is 297 g/mol. The van der Waals surface area contributed by atoms with Crippen LogP contribution in [0.1, 0.15) is 18.9 Å². The van der Waals surface area contributed by atoms with Gasteiger partial charge in [-0.3, -0.25) is 9.69 Å². The third kappa shape index (κ3) is 3.82. The number of carbonyl (C=O) groups excluding carboxylic acids is 1. The summed E-state index contributed by atoms with van der Waals surface area (Å²) in [6.07, 6.45) is 1.05. The quantitative estimate of drug-likeness (QED) is 0.927. The van der Waals surface area contributed by atoms with Crippen molar-refractivity contribution < 1.29 is 4.79 Å². The highest BCUT2D eigenvalue weighted by atomic mass is 79.9. The van der Waals surface area contributed by atoms with E-state index >= 15 is 0 Å². The molecule has 1 fully saturated rings. The first-order valence-corrected chi connectivity index (χ1v) is 6.66. The molecule has 1 aromatic rings. The first-order valence-electron chi connectivity index (χ1n) is 5.87. The Balaban J connectivity index is 1.85. The third-order valence-corrected chi connectivity index (χ3v) is 3.53. The minimum absolute atomic E-state index is 0.0699. The second-order valence-corrected chi connectivity index (χ2v) is 5.46. The lowest BCUT2D eigenvalue weighted by Crippen LogP contribution is -2.35. The summed E-state index contributed by atoms with van der Waals surface area (Å²) in [6.45, 7) is 4.55. The molecule has 1 unspecified atom stereocenters. The van der Waals surface area contributed by atoms with Crippen LogP contribution in [0.2, 0.25) is 0 Å². The molecule has 1 aliphatic heterocycles. The van der Waals surface area contributed by atoms with Gasteiger partial charge in [0.25, 0.3) is 0 Å². The Hall–Kier alpha value is -0.870. The van der Waals surface area contributed by atoms with Gasteiger partial charge in [-0.1, -0.05) is 28.1 Å². The molecule has 4 heteroatoms. The number of carbonyl (C=O) groups is 1. The summed E-state index contributed by atoms with van der Waals surface area (Å²) < 4.78 is 1.11. The highest BCUT2D eigenvalue weighted by Gasteiger charge is 2.22. The molecule has 0 bridgehead atoms. The maximum atomic E-state index is 11.0. The largest absolute Gasteiger partial charge is 0.352 e. The lowest BCUT2D eigenvalue weighted by Gasteiger charge is -2.16. The van der Waals surface area contributed by atoms with Crippen molar-refractivity contribution in [2.45, 2.75) is 25.9 Å². The topological polar surface area (TPSA) is 32.3 Å². The predicted octanol–water partition coefficient (Wildman–Crippen LogP) is 2.16. The van der Waals surface area contributed by atoms with Crippen LogP contribution in [-0.2, 0) is 11.3 Å². The molecule has 2 rings (SSSR count). The predicted molar refractivity (Wildman–Crippen MR) is 71.6 cm³/mol. The molecule has 1 N–H and O–H groups in total. The fourth-order valence-corrected chi connectivity index (χ4v) is 2.49. The van der Waals surface area contributed by atoms with E-state index in [2.05, 4.69) is 50.4 Å². The molecule has 0 aliphatic carbocycles. The number of nitrogens with one attached hydrogen (secondary N) is 1. The number of hydrogen-bond acceptors (Lipinski definition) is 2. The smallest absolute Gasteiger partial charge is 0.217 e. The molecule has 1 heterocycles. The summed E-state index contributed by atoms with van der Waals surface area (Å²) in [5.41, 5.74) is 1.32. The van der Waals surface area contributed by atoms with Crippen LogP contribution in [0.4, 0.5) is 0 Å². The number of nitrogens with zero attached hydrogens (tertiary/aromatic N) is 1. The fourth-order valence-electron chi connectivity index (χ4n) is 2.23. The Morgan fingerprint density at radius 1 is 1.47 bits per heavy atom. The SMILES string of the molecule is CC(=O)NC1CCN(Cc2ccc(Br)cc2)C1. The molecule has 17 heavy (non-hydrogen) atoms. The van der Waals surface area contributed by atoms with Crippen molar-refractivity contribution in [1.82, 2.24) is 10.2 Å². The number of benzene rings is 1. The highest BCUT2D eigenvalue weighted by molar-refractivity contribution is 9.10. The molecule has 1 atom stereocenters. The lowest BCUT2D eigenvalue weighted by molar-refractivity contribution is -0.119. The van der Waals surface area contributed by atoms with Gasteiger partial charge < -0.3 is 5.32 Å². The van der Waals surface area contributed by atoms with Crippen LogP contribution in [-0.4, -0.2) is 29.9 Å². The summed E-state index contributed by atoms with van der Waals surface area (Å²) in [4.78, 5) is 13.3. The maximum absolute atomic E-state index is 11.0. The van der Waals surface area contributed by atoms with Crippen molar-refractivity contribution in [1.29, 1.82) is 0 Å². The van der Waals surface area contributed by atoms with Gasteiger partial charge >= 0.3 is 0 Å². The number of hydrogen-bond donors (Lipinski definition) is 1. The van der Waals surface area contributed by atoms with Crippen molar-refractivity contribution in [3.63, 3.8) is 0 Å². The normalized spacial score (nSPS) is 20.5. The van der Waals surface area contributed by atoms with Crippen LogP contribution in [0.3, 0.4) is 0 Å². The average Bonchev–Trinajstić information content (AvgIpc) is 2.68. The van der Waals surface area contributed by atoms with E-state index in [0.717, 1.165) is 30.5 Å². The Morgan fingerprint density at radius 2 is 2.18 bits per heavy atom. The van der Waals surface area contributed by atoms with Crippen molar-refractivity contribution >= 4 is 21.8 Å². The molecule has 0 aromatic heterocycles.